The molecule has 0 radical (unpaired) electrons. The molecule has 28 heavy (non-hydrogen) atoms. The summed E-state index contributed by atoms with van der Waals surface area (Å²) in [5.41, 5.74) is 5.23. The number of aryl methyl sites for hydroxylation is 1. The summed E-state index contributed by atoms with van der Waals surface area (Å²) in [6.45, 7) is 6.31. The van der Waals surface area contributed by atoms with Crippen molar-refractivity contribution in [1.82, 2.24) is 9.78 Å². The van der Waals surface area contributed by atoms with E-state index < -0.39 is 0 Å². The van der Waals surface area contributed by atoms with Crippen molar-refractivity contribution in [1.29, 1.82) is 0 Å². The summed E-state index contributed by atoms with van der Waals surface area (Å²) < 4.78 is 1.86. The molecule has 0 saturated heterocycles. The third-order valence-corrected chi connectivity index (χ3v) is 5.83. The smallest absolute Gasteiger partial charge is 0.175 e. The SMILES string of the molecule is Cc1nn(Cc2c(Cl)cccc2Cl)c(C)c1NC(=S)Nc1cccc(Cl)c1C. The second kappa shape index (κ2) is 8.70. The molecule has 2 aromatic carbocycles. The van der Waals surface area contributed by atoms with Gasteiger partial charge in [-0.1, -0.05) is 46.9 Å². The number of nitrogens with one attached hydrogen (secondary N) is 2. The lowest BCUT2D eigenvalue weighted by atomic mass is 10.2. The molecule has 0 aliphatic heterocycles. The Kier molecular flexibility index (Phi) is 6.50. The quantitative estimate of drug-likeness (QED) is 0.435. The summed E-state index contributed by atoms with van der Waals surface area (Å²) in [7, 11) is 0. The van der Waals surface area contributed by atoms with Gasteiger partial charge in [-0.2, -0.15) is 5.10 Å². The summed E-state index contributed by atoms with van der Waals surface area (Å²) in [5, 5.41) is 13.4. The first-order chi connectivity index (χ1) is 13.3. The van der Waals surface area contributed by atoms with Crippen LogP contribution in [0, 0.1) is 20.8 Å². The van der Waals surface area contributed by atoms with Gasteiger partial charge in [0.1, 0.15) is 0 Å². The maximum atomic E-state index is 6.30. The van der Waals surface area contributed by atoms with E-state index in [-0.39, 0.29) is 0 Å². The van der Waals surface area contributed by atoms with Gasteiger partial charge in [-0.15, -0.1) is 0 Å². The highest BCUT2D eigenvalue weighted by Crippen LogP contribution is 2.28. The Hall–Kier alpha value is -1.79. The normalized spacial score (nSPS) is 10.8. The fourth-order valence-corrected chi connectivity index (χ4v) is 3.78. The van der Waals surface area contributed by atoms with E-state index in [1.807, 2.05) is 61.9 Å². The minimum Gasteiger partial charge on any atom is -0.332 e. The second-order valence-corrected chi connectivity index (χ2v) is 8.03. The molecule has 0 spiro atoms. The van der Waals surface area contributed by atoms with Crippen LogP contribution < -0.4 is 10.6 Å². The van der Waals surface area contributed by atoms with Crippen LogP contribution in [0.25, 0.3) is 0 Å². The molecule has 0 atom stereocenters. The summed E-state index contributed by atoms with van der Waals surface area (Å²) in [6, 6.07) is 11.1. The van der Waals surface area contributed by atoms with E-state index in [0.717, 1.165) is 33.9 Å². The Morgan fingerprint density at radius 1 is 0.964 bits per heavy atom. The van der Waals surface area contributed by atoms with Gasteiger partial charge in [-0.05, 0) is 62.8 Å². The standard InChI is InChI=1S/C20H19Cl3N4S/c1-11-15(21)6-5-9-18(11)24-20(28)25-19-12(2)26-27(13(19)3)10-14-16(22)7-4-8-17(14)23/h4-9H,10H2,1-3H3,(H2,24,25,28). The van der Waals surface area contributed by atoms with Gasteiger partial charge in [-0.3, -0.25) is 4.68 Å². The second-order valence-electron chi connectivity index (χ2n) is 6.40. The number of nitrogens with zero attached hydrogens (tertiary/aromatic N) is 2. The van der Waals surface area contributed by atoms with Crippen molar-refractivity contribution in [2.24, 2.45) is 0 Å². The van der Waals surface area contributed by atoms with E-state index in [4.69, 9.17) is 47.0 Å². The molecule has 3 aromatic rings. The summed E-state index contributed by atoms with van der Waals surface area (Å²) in [4.78, 5) is 0. The van der Waals surface area contributed by atoms with E-state index in [2.05, 4.69) is 15.7 Å². The molecule has 3 rings (SSSR count). The predicted octanol–water partition coefficient (Wildman–Crippen LogP) is 6.63. The van der Waals surface area contributed by atoms with Gasteiger partial charge >= 0.3 is 0 Å². The predicted molar refractivity (Wildman–Crippen MR) is 123 cm³/mol. The van der Waals surface area contributed by atoms with Gasteiger partial charge in [0.05, 0.1) is 23.6 Å². The van der Waals surface area contributed by atoms with Crippen molar-refractivity contribution < 1.29 is 0 Å². The zero-order valence-electron chi connectivity index (χ0n) is 15.6. The molecule has 0 amide bonds. The van der Waals surface area contributed by atoms with E-state index in [9.17, 15) is 0 Å². The Morgan fingerprint density at radius 2 is 1.57 bits per heavy atom. The molecule has 0 unspecified atom stereocenters. The minimum absolute atomic E-state index is 0.465. The lowest BCUT2D eigenvalue weighted by Gasteiger charge is -2.14. The van der Waals surface area contributed by atoms with E-state index >= 15 is 0 Å². The molecule has 0 aliphatic rings. The number of benzene rings is 2. The summed E-state index contributed by atoms with van der Waals surface area (Å²) >= 11 is 24.2. The van der Waals surface area contributed by atoms with E-state index in [0.29, 0.717) is 26.7 Å². The van der Waals surface area contributed by atoms with Crippen LogP contribution in [-0.4, -0.2) is 14.9 Å². The van der Waals surface area contributed by atoms with E-state index in [1.54, 1.807) is 0 Å². The largest absolute Gasteiger partial charge is 0.332 e. The molecule has 0 fully saturated rings. The van der Waals surface area contributed by atoms with Crippen molar-refractivity contribution in [3.63, 3.8) is 0 Å². The maximum absolute atomic E-state index is 6.30. The molecule has 2 N–H and O–H groups in total. The van der Waals surface area contributed by atoms with Crippen LogP contribution in [0.3, 0.4) is 0 Å². The topological polar surface area (TPSA) is 41.9 Å². The Balaban J connectivity index is 1.80. The number of hydrogen-bond acceptors (Lipinski definition) is 2. The third-order valence-electron chi connectivity index (χ3n) is 4.51. The van der Waals surface area contributed by atoms with Crippen LogP contribution in [0.5, 0.6) is 0 Å². The fraction of sp³-hybridized carbons (Fsp3) is 0.200. The zero-order valence-corrected chi connectivity index (χ0v) is 18.7. The average Bonchev–Trinajstić information content (AvgIpc) is 2.89. The molecule has 8 heteroatoms. The first-order valence-electron chi connectivity index (χ1n) is 8.58. The fourth-order valence-electron chi connectivity index (χ4n) is 2.87. The Bertz CT molecular complexity index is 1030. The molecule has 146 valence electrons. The average molecular weight is 454 g/mol. The molecule has 0 bridgehead atoms. The molecular weight excluding hydrogens is 435 g/mol. The van der Waals surface area contributed by atoms with Gasteiger partial charge in [0, 0.05) is 26.3 Å². The number of halogens is 3. The third kappa shape index (κ3) is 4.44. The maximum Gasteiger partial charge on any atom is 0.175 e. The van der Waals surface area contributed by atoms with Gasteiger partial charge in [0.15, 0.2) is 5.11 Å². The number of rotatable bonds is 4. The first kappa shape index (κ1) is 20.9. The highest BCUT2D eigenvalue weighted by molar-refractivity contribution is 7.80. The molecule has 4 nitrogen and oxygen atoms in total. The van der Waals surface area contributed by atoms with Crippen molar-refractivity contribution in [2.45, 2.75) is 27.3 Å². The van der Waals surface area contributed by atoms with Crippen LogP contribution in [0.2, 0.25) is 15.1 Å². The van der Waals surface area contributed by atoms with Crippen LogP contribution in [0.15, 0.2) is 36.4 Å². The number of anilines is 2. The van der Waals surface area contributed by atoms with Crippen LogP contribution in [0.4, 0.5) is 11.4 Å². The summed E-state index contributed by atoms with van der Waals surface area (Å²) in [6.07, 6.45) is 0. The highest BCUT2D eigenvalue weighted by atomic mass is 35.5. The van der Waals surface area contributed by atoms with E-state index in [1.165, 1.54) is 0 Å². The van der Waals surface area contributed by atoms with Crippen molar-refractivity contribution in [3.05, 3.63) is 74.0 Å². The lowest BCUT2D eigenvalue weighted by Crippen LogP contribution is -2.20. The lowest BCUT2D eigenvalue weighted by molar-refractivity contribution is 0.659. The molecule has 0 aliphatic carbocycles. The van der Waals surface area contributed by atoms with Crippen LogP contribution in [0.1, 0.15) is 22.5 Å². The summed E-state index contributed by atoms with van der Waals surface area (Å²) in [5.74, 6) is 0. The molecule has 0 saturated carbocycles. The number of thiocarbonyl (C=S) groups is 1. The number of hydrogen-bond donors (Lipinski definition) is 2. The zero-order chi connectivity index (χ0) is 20.4. The highest BCUT2D eigenvalue weighted by Gasteiger charge is 2.15. The van der Waals surface area contributed by atoms with Crippen molar-refractivity contribution >= 4 is 63.5 Å². The molecule has 1 heterocycles. The number of aromatic nitrogens is 2. The Morgan fingerprint density at radius 3 is 2.25 bits per heavy atom. The van der Waals surface area contributed by atoms with Gasteiger partial charge in [-0.25, -0.2) is 0 Å². The van der Waals surface area contributed by atoms with Gasteiger partial charge < -0.3 is 10.6 Å². The molecular formula is C20H19Cl3N4S. The van der Waals surface area contributed by atoms with Gasteiger partial charge in [0.25, 0.3) is 0 Å². The minimum atomic E-state index is 0.465. The Labute approximate surface area is 184 Å². The van der Waals surface area contributed by atoms with Crippen molar-refractivity contribution in [2.75, 3.05) is 10.6 Å². The van der Waals surface area contributed by atoms with Crippen LogP contribution in [-0.2, 0) is 6.54 Å². The monoisotopic (exact) mass is 452 g/mol. The van der Waals surface area contributed by atoms with Crippen molar-refractivity contribution in [3.8, 4) is 0 Å². The first-order valence-corrected chi connectivity index (χ1v) is 10.1. The van der Waals surface area contributed by atoms with Crippen LogP contribution >= 0.6 is 47.0 Å². The van der Waals surface area contributed by atoms with Gasteiger partial charge in [0.2, 0.25) is 0 Å². The molecule has 1 aromatic heterocycles.